The van der Waals surface area contributed by atoms with Crippen molar-refractivity contribution in [1.82, 2.24) is 0 Å². The Morgan fingerprint density at radius 2 is 0.491 bits per heavy atom. The molecule has 0 aliphatic carbocycles. The first-order valence-corrected chi connectivity index (χ1v) is 44.8. The van der Waals surface area contributed by atoms with Gasteiger partial charge < -0.3 is 33.8 Å². The van der Waals surface area contributed by atoms with Crippen LogP contribution in [0.4, 0.5) is 0 Å². The summed E-state index contributed by atoms with van der Waals surface area (Å²) in [4.78, 5) is 73.1. The normalized spacial score (nSPS) is 14.4. The van der Waals surface area contributed by atoms with Crippen molar-refractivity contribution < 1.29 is 80.2 Å². The molecule has 0 saturated carbocycles. The molecule has 0 bridgehead atoms. The Balaban J connectivity index is 5.40. The molecule has 5 atom stereocenters. The van der Waals surface area contributed by atoms with Crippen molar-refractivity contribution in [2.45, 2.75) is 367 Å². The molecule has 3 N–H and O–H groups in total. The molecule has 2 unspecified atom stereocenters. The van der Waals surface area contributed by atoms with Gasteiger partial charge in [0.1, 0.15) is 19.3 Å². The zero-order chi connectivity index (χ0) is 77.4. The van der Waals surface area contributed by atoms with Gasteiger partial charge in [0.05, 0.1) is 26.4 Å². The lowest BCUT2D eigenvalue weighted by Gasteiger charge is -2.21. The molecule has 0 aromatic heterocycles. The number of carbonyl (C=O) groups is 4. The molecule has 0 radical (unpaired) electrons. The van der Waals surface area contributed by atoms with E-state index in [-0.39, 0.29) is 25.7 Å². The zero-order valence-electron chi connectivity index (χ0n) is 66.8. The van der Waals surface area contributed by atoms with Crippen molar-refractivity contribution in [3.8, 4) is 0 Å². The smallest absolute Gasteiger partial charge is 0.462 e. The van der Waals surface area contributed by atoms with Crippen LogP contribution in [-0.4, -0.2) is 96.7 Å². The topological polar surface area (TPSA) is 237 Å². The molecule has 106 heavy (non-hydrogen) atoms. The maximum absolute atomic E-state index is 13.1. The van der Waals surface area contributed by atoms with Gasteiger partial charge in [-0.2, -0.15) is 0 Å². The summed E-state index contributed by atoms with van der Waals surface area (Å²) in [6.07, 6.45) is 87.4. The second-order valence-electron chi connectivity index (χ2n) is 27.7. The molecule has 0 spiro atoms. The van der Waals surface area contributed by atoms with Crippen LogP contribution >= 0.6 is 15.6 Å². The Morgan fingerprint density at radius 3 is 0.755 bits per heavy atom. The van der Waals surface area contributed by atoms with Gasteiger partial charge in [0.2, 0.25) is 0 Å². The Kier molecular flexibility index (Phi) is 75.2. The molecule has 17 nitrogen and oxygen atoms in total. The molecule has 0 aliphatic rings. The van der Waals surface area contributed by atoms with E-state index in [0.29, 0.717) is 25.7 Å². The number of rotatable bonds is 78. The summed E-state index contributed by atoms with van der Waals surface area (Å²) in [7, 11) is -9.98. The lowest BCUT2D eigenvalue weighted by molar-refractivity contribution is -0.161. The molecule has 0 aromatic carbocycles. The predicted octanol–water partition coefficient (Wildman–Crippen LogP) is 24.7. The van der Waals surface area contributed by atoms with Crippen molar-refractivity contribution in [3.05, 3.63) is 122 Å². The van der Waals surface area contributed by atoms with E-state index in [4.69, 9.17) is 37.0 Å². The molecule has 0 rings (SSSR count). The van der Waals surface area contributed by atoms with Crippen molar-refractivity contribution >= 4 is 39.5 Å². The number of phosphoric ester groups is 2. The van der Waals surface area contributed by atoms with Crippen LogP contribution in [0, 0.1) is 0 Å². The highest BCUT2D eigenvalue weighted by atomic mass is 31.2. The maximum atomic E-state index is 13.1. The number of unbranched alkanes of at least 4 members (excludes halogenated alkanes) is 32. The molecule has 0 aromatic rings. The quantitative estimate of drug-likeness (QED) is 0.0169. The summed E-state index contributed by atoms with van der Waals surface area (Å²) < 4.78 is 68.7. The SMILES string of the molecule is CC/C=C\C/C=C\C/C=C\C/C=C\C/C=C\CCCCCC(=O)OC[C@H](COP(=O)(O)OC[C@@H](O)COP(=O)(O)OC[C@@H](COC(=O)CCCCCCCCCCCCCCCCC)OC(=O)CCCCC/C=C\C/C=C\C/C=C\C/C=C\C/C=C\CC)OC(=O)CCCCCCCCCCCCCCC. The predicted molar refractivity (Wildman–Crippen MR) is 436 cm³/mol. The van der Waals surface area contributed by atoms with E-state index in [1.54, 1.807) is 0 Å². The third-order valence-corrected chi connectivity index (χ3v) is 19.4. The zero-order valence-corrected chi connectivity index (χ0v) is 68.6. The van der Waals surface area contributed by atoms with E-state index in [0.717, 1.165) is 148 Å². The van der Waals surface area contributed by atoms with Crippen molar-refractivity contribution in [1.29, 1.82) is 0 Å². The third kappa shape index (κ3) is 77.6. The second-order valence-corrected chi connectivity index (χ2v) is 30.6. The molecular formula is C87H150O17P2. The fraction of sp³-hybridized carbons (Fsp3) is 0.724. The Bertz CT molecular complexity index is 2480. The van der Waals surface area contributed by atoms with Crippen molar-refractivity contribution in [2.75, 3.05) is 39.6 Å². The number of carbonyl (C=O) groups excluding carboxylic acids is 4. The number of ether oxygens (including phenoxy) is 4. The van der Waals surface area contributed by atoms with E-state index in [1.807, 2.05) is 0 Å². The lowest BCUT2D eigenvalue weighted by atomic mass is 10.0. The van der Waals surface area contributed by atoms with Crippen LogP contribution in [0.2, 0.25) is 0 Å². The fourth-order valence-corrected chi connectivity index (χ4v) is 12.7. The highest BCUT2D eigenvalue weighted by Gasteiger charge is 2.30. The monoisotopic (exact) mass is 1530 g/mol. The maximum Gasteiger partial charge on any atom is 0.472 e. The number of esters is 4. The number of hydrogen-bond donors (Lipinski definition) is 3. The van der Waals surface area contributed by atoms with Crippen LogP contribution in [0.1, 0.15) is 349 Å². The molecule has 610 valence electrons. The van der Waals surface area contributed by atoms with Crippen LogP contribution in [0.25, 0.3) is 0 Å². The average Bonchev–Trinajstić information content (AvgIpc) is 0.899. The molecule has 0 heterocycles. The standard InChI is InChI=1S/C87H150O17P2/c1-5-9-13-17-21-25-29-33-36-38-40-42-45-49-52-56-60-64-68-72-85(90)98-77-82(103-86(91)73-69-65-61-57-53-47-32-28-24-20-16-12-8-4)79-101-105(93,94)99-75-81(88)76-100-106(95,96)102-80-83(78-97-84(89)71-67-63-59-55-51-48-44-35-31-27-23-19-15-11-7-3)104-87(92)74-70-66-62-58-54-50-46-43-41-39-37-34-30-26-22-18-14-10-6-2/h9-10,13-14,21-22,25-26,33-34,36-37,40-43,49-50,52,54,81-83,88H,5-8,11-12,15-20,23-24,27-32,35,38-39,44-48,51,53,55-80H2,1-4H3,(H,93,94)(H,95,96)/b13-9-,14-10-,25-21-,26-22-,36-33-,37-34-,42-40-,43-41-,52-49-,54-50-/t81-,82-,83-/m1/s1. The Hall–Kier alpha value is -4.54. The van der Waals surface area contributed by atoms with Gasteiger partial charge in [-0.25, -0.2) is 9.13 Å². The number of allylic oxidation sites excluding steroid dienone is 20. The van der Waals surface area contributed by atoms with Gasteiger partial charge in [0, 0.05) is 25.7 Å². The van der Waals surface area contributed by atoms with Crippen LogP contribution < -0.4 is 0 Å². The number of hydrogen-bond acceptors (Lipinski definition) is 15. The minimum absolute atomic E-state index is 0.0558. The summed E-state index contributed by atoms with van der Waals surface area (Å²) in [6.45, 7) is 4.62. The average molecular weight is 1530 g/mol. The van der Waals surface area contributed by atoms with E-state index in [9.17, 15) is 43.2 Å². The van der Waals surface area contributed by atoms with Gasteiger partial charge in [0.25, 0.3) is 0 Å². The lowest BCUT2D eigenvalue weighted by Crippen LogP contribution is -2.30. The first-order valence-electron chi connectivity index (χ1n) is 41.8. The summed E-state index contributed by atoms with van der Waals surface area (Å²) in [5.74, 6) is -2.23. The third-order valence-electron chi connectivity index (χ3n) is 17.5. The molecular weight excluding hydrogens is 1380 g/mol. The van der Waals surface area contributed by atoms with Gasteiger partial charge >= 0.3 is 39.5 Å². The molecule has 0 amide bonds. The number of phosphoric acid groups is 2. The summed E-state index contributed by atoms with van der Waals surface area (Å²) in [5, 5.41) is 10.7. The van der Waals surface area contributed by atoms with E-state index in [2.05, 4.69) is 149 Å². The largest absolute Gasteiger partial charge is 0.472 e. The summed E-state index contributed by atoms with van der Waals surface area (Å²) in [5.41, 5.74) is 0. The number of aliphatic hydroxyl groups is 1. The molecule has 0 aliphatic heterocycles. The first kappa shape index (κ1) is 101. The van der Waals surface area contributed by atoms with Gasteiger partial charge in [-0.15, -0.1) is 0 Å². The molecule has 0 saturated heterocycles. The minimum atomic E-state index is -4.99. The summed E-state index contributed by atoms with van der Waals surface area (Å²) in [6, 6.07) is 0. The molecule has 19 heteroatoms. The first-order chi connectivity index (χ1) is 51.7. The van der Waals surface area contributed by atoms with Crippen LogP contribution in [0.3, 0.4) is 0 Å². The van der Waals surface area contributed by atoms with Gasteiger partial charge in [0.15, 0.2) is 12.2 Å². The van der Waals surface area contributed by atoms with Crippen LogP contribution in [0.5, 0.6) is 0 Å². The van der Waals surface area contributed by atoms with Gasteiger partial charge in [-0.3, -0.25) is 37.3 Å². The van der Waals surface area contributed by atoms with Crippen LogP contribution in [0.15, 0.2) is 122 Å². The van der Waals surface area contributed by atoms with Crippen molar-refractivity contribution in [3.63, 3.8) is 0 Å². The van der Waals surface area contributed by atoms with E-state index in [1.165, 1.54) is 122 Å². The summed E-state index contributed by atoms with van der Waals surface area (Å²) >= 11 is 0. The highest BCUT2D eigenvalue weighted by Crippen LogP contribution is 2.45. The number of aliphatic hydroxyl groups excluding tert-OH is 1. The Morgan fingerprint density at radius 1 is 0.274 bits per heavy atom. The van der Waals surface area contributed by atoms with E-state index < -0.39 is 97.5 Å². The van der Waals surface area contributed by atoms with Crippen molar-refractivity contribution in [2.24, 2.45) is 0 Å². The molecule has 0 fully saturated rings. The van der Waals surface area contributed by atoms with Gasteiger partial charge in [-0.05, 0) is 116 Å². The Labute approximate surface area is 644 Å². The fourth-order valence-electron chi connectivity index (χ4n) is 11.2. The van der Waals surface area contributed by atoms with Gasteiger partial charge in [-0.1, -0.05) is 329 Å². The van der Waals surface area contributed by atoms with Crippen LogP contribution in [-0.2, 0) is 65.4 Å². The second kappa shape index (κ2) is 78.6. The highest BCUT2D eigenvalue weighted by molar-refractivity contribution is 7.47. The van der Waals surface area contributed by atoms with E-state index >= 15 is 0 Å². The minimum Gasteiger partial charge on any atom is -0.462 e.